The van der Waals surface area contributed by atoms with Crippen LogP contribution in [0, 0.1) is 21.7 Å². The average molecular weight is 939 g/mol. The maximum atomic E-state index is 5.84. The van der Waals surface area contributed by atoms with E-state index in [9.17, 15) is 0 Å². The summed E-state index contributed by atoms with van der Waals surface area (Å²) in [5.74, 6) is 2.17. The molecule has 0 spiro atoms. The number of aromatic nitrogens is 4. The zero-order chi connectivity index (χ0) is 44.2. The highest BCUT2D eigenvalue weighted by molar-refractivity contribution is 9.11. The van der Waals surface area contributed by atoms with E-state index in [1.165, 1.54) is 56.1 Å². The molecule has 0 fully saturated rings. The maximum absolute atomic E-state index is 5.84. The van der Waals surface area contributed by atoms with Crippen molar-refractivity contribution in [1.29, 1.82) is 0 Å². The molecule has 0 amide bonds. The van der Waals surface area contributed by atoms with Crippen molar-refractivity contribution in [3.63, 3.8) is 0 Å². The summed E-state index contributed by atoms with van der Waals surface area (Å²) in [6.45, 7) is 42.2. The van der Waals surface area contributed by atoms with Crippen molar-refractivity contribution in [2.45, 2.75) is 186 Å². The second-order valence-corrected chi connectivity index (χ2v) is 26.3. The van der Waals surface area contributed by atoms with Crippen molar-refractivity contribution in [3.8, 4) is 11.1 Å². The number of halogens is 2. The van der Waals surface area contributed by atoms with Gasteiger partial charge < -0.3 is 9.13 Å². The lowest BCUT2D eigenvalue weighted by atomic mass is 9.78. The lowest BCUT2D eigenvalue weighted by Crippen LogP contribution is -2.31. The lowest BCUT2D eigenvalue weighted by Gasteiger charge is -2.39. The molecule has 2 unspecified atom stereocenters. The van der Waals surface area contributed by atoms with Crippen LogP contribution in [0.3, 0.4) is 0 Å². The van der Waals surface area contributed by atoms with Crippen LogP contribution in [0.25, 0.3) is 44.3 Å². The molecule has 0 bridgehead atoms. The van der Waals surface area contributed by atoms with Crippen LogP contribution in [0.5, 0.6) is 0 Å². The van der Waals surface area contributed by atoms with Crippen molar-refractivity contribution >= 4 is 76.5 Å². The summed E-state index contributed by atoms with van der Waals surface area (Å²) in [6, 6.07) is 5.28. The molecular weight excluding hydrogens is 868 g/mol. The Balaban J connectivity index is 1.54. The third-order valence-corrected chi connectivity index (χ3v) is 15.5. The Labute approximate surface area is 377 Å². The molecule has 2 aromatic heterocycles. The Morgan fingerprint density at radius 3 is 1.10 bits per heavy atom. The standard InChI is InChI=1S/C52H70Br2N6/c1-47(2,3)29-23-33-43(57-45-27-19-21-35(49(7,8)9)55-31(27)25-37(59(33)45)51(13,14)15)39(41(29)53)40-42(54)30(48(4,5)6)24-34-44(40)58-46-28-20-22-36(50(10,11)12)56-32(28)26-38(60(34)46)52(16,17)18/h23-24,37-38H,19-22,25-26H2,1-18H3. The molecule has 322 valence electrons. The van der Waals surface area contributed by atoms with Crippen molar-refractivity contribution < 1.29 is 0 Å². The normalized spacial score (nSPS) is 20.7. The fraction of sp³-hybridized carbons (Fsp3) is 0.615. The lowest BCUT2D eigenvalue weighted by molar-refractivity contribution is 0.238. The van der Waals surface area contributed by atoms with Crippen LogP contribution in [0.4, 0.5) is 0 Å². The minimum atomic E-state index is -0.151. The molecule has 60 heavy (non-hydrogen) atoms. The predicted molar refractivity (Wildman–Crippen MR) is 264 cm³/mol. The fourth-order valence-corrected chi connectivity index (χ4v) is 12.4. The number of hydrogen-bond donors (Lipinski definition) is 0. The summed E-state index contributed by atoms with van der Waals surface area (Å²) in [5, 5.41) is 0. The molecule has 8 heteroatoms. The summed E-state index contributed by atoms with van der Waals surface area (Å²) < 4.78 is 7.43. The van der Waals surface area contributed by atoms with Crippen LogP contribution >= 0.6 is 31.9 Å². The number of rotatable bonds is 1. The number of aliphatic imine (C=N–C) groups is 2. The summed E-state index contributed by atoms with van der Waals surface area (Å²) in [6.07, 6.45) is 5.65. The first kappa shape index (κ1) is 43.8. The van der Waals surface area contributed by atoms with E-state index in [0.29, 0.717) is 0 Å². The second-order valence-electron chi connectivity index (χ2n) is 24.7. The number of nitrogens with zero attached hydrogens (tertiary/aromatic N) is 6. The second kappa shape index (κ2) is 13.8. The monoisotopic (exact) mass is 936 g/mol. The molecule has 0 aliphatic carbocycles. The van der Waals surface area contributed by atoms with Gasteiger partial charge in [0.05, 0.1) is 22.1 Å². The molecule has 6 nitrogen and oxygen atoms in total. The van der Waals surface area contributed by atoms with Crippen molar-refractivity contribution in [3.05, 3.63) is 55.2 Å². The highest BCUT2D eigenvalue weighted by Gasteiger charge is 2.43. The van der Waals surface area contributed by atoms with Crippen LogP contribution in [0.15, 0.2) is 42.5 Å². The summed E-state index contributed by atoms with van der Waals surface area (Å²) in [5.41, 5.74) is 16.6. The summed E-state index contributed by atoms with van der Waals surface area (Å²) in [7, 11) is 0. The van der Waals surface area contributed by atoms with Gasteiger partial charge in [0.2, 0.25) is 0 Å². The zero-order valence-electron chi connectivity index (χ0n) is 40.0. The molecule has 0 saturated heterocycles. The topological polar surface area (TPSA) is 60.4 Å². The number of allylic oxidation sites excluding steroid dienone is 4. The molecule has 2 aromatic carbocycles. The van der Waals surface area contributed by atoms with Gasteiger partial charge in [0.1, 0.15) is 11.6 Å². The van der Waals surface area contributed by atoms with E-state index in [2.05, 4.69) is 178 Å². The maximum Gasteiger partial charge on any atom is 0.139 e. The zero-order valence-corrected chi connectivity index (χ0v) is 43.2. The number of fused-ring (bicyclic) bond motifs is 8. The molecule has 4 aliphatic rings. The number of benzene rings is 2. The van der Waals surface area contributed by atoms with Gasteiger partial charge in [0.15, 0.2) is 0 Å². The number of hydrogen-bond acceptors (Lipinski definition) is 4. The van der Waals surface area contributed by atoms with Crippen LogP contribution in [0.1, 0.15) is 198 Å². The van der Waals surface area contributed by atoms with Gasteiger partial charge in [0.25, 0.3) is 0 Å². The van der Waals surface area contributed by atoms with Crippen LogP contribution in [-0.2, 0) is 10.8 Å². The predicted octanol–water partition coefficient (Wildman–Crippen LogP) is 16.1. The van der Waals surface area contributed by atoms with E-state index < -0.39 is 0 Å². The minimum Gasteiger partial charge on any atom is -0.320 e. The van der Waals surface area contributed by atoms with Gasteiger partial charge in [-0.3, -0.25) is 9.98 Å². The fourth-order valence-electron chi connectivity index (χ4n) is 10.2. The third-order valence-electron chi connectivity index (χ3n) is 13.8. The van der Waals surface area contributed by atoms with Crippen LogP contribution in [-0.4, -0.2) is 30.5 Å². The summed E-state index contributed by atoms with van der Waals surface area (Å²) in [4.78, 5) is 22.6. The SMILES string of the molecule is CC(C)(C)C1=NC2=C(CC1)c1nc3c(-c4c(Br)c(C(C)(C)C)cc5c4nc4n5C(C(C)(C)C)CC5=C4CCC(C(C)(C)C)=N5)c(Br)c(C(C)(C)C)cc3n1C(C(C)(C)C)C2. The highest BCUT2D eigenvalue weighted by Crippen LogP contribution is 2.55. The van der Waals surface area contributed by atoms with E-state index in [-0.39, 0.29) is 44.6 Å². The van der Waals surface area contributed by atoms with E-state index in [4.69, 9.17) is 20.0 Å². The van der Waals surface area contributed by atoms with Gasteiger partial charge in [-0.15, -0.1) is 0 Å². The molecule has 2 atom stereocenters. The van der Waals surface area contributed by atoms with Crippen molar-refractivity contribution in [2.75, 3.05) is 0 Å². The first-order valence-electron chi connectivity index (χ1n) is 22.5. The average Bonchev–Trinajstić information content (AvgIpc) is 3.67. The third kappa shape index (κ3) is 7.08. The van der Waals surface area contributed by atoms with Gasteiger partial charge in [-0.25, -0.2) is 9.97 Å². The minimum absolute atomic E-state index is 0.0312. The van der Waals surface area contributed by atoms with Gasteiger partial charge in [-0.1, -0.05) is 125 Å². The first-order chi connectivity index (χ1) is 27.4. The van der Waals surface area contributed by atoms with Gasteiger partial charge in [-0.05, 0) is 102 Å². The molecule has 0 saturated carbocycles. The Bertz CT molecular complexity index is 2430. The molecule has 0 N–H and O–H groups in total. The van der Waals surface area contributed by atoms with Crippen molar-refractivity contribution in [1.82, 2.24) is 19.1 Å². The van der Waals surface area contributed by atoms with E-state index in [1.54, 1.807) is 0 Å². The number of imidazole rings is 2. The largest absolute Gasteiger partial charge is 0.320 e. The van der Waals surface area contributed by atoms with Crippen molar-refractivity contribution in [2.24, 2.45) is 31.6 Å². The Kier molecular flexibility index (Phi) is 10.1. The highest BCUT2D eigenvalue weighted by atomic mass is 79.9. The molecule has 4 aliphatic heterocycles. The first-order valence-corrected chi connectivity index (χ1v) is 24.1. The van der Waals surface area contributed by atoms with Gasteiger partial charge in [-0.2, -0.15) is 0 Å². The van der Waals surface area contributed by atoms with E-state index in [0.717, 1.165) is 81.3 Å². The van der Waals surface area contributed by atoms with Crippen LogP contribution in [0.2, 0.25) is 0 Å². The Hall–Kier alpha value is -2.84. The smallest absolute Gasteiger partial charge is 0.139 e. The van der Waals surface area contributed by atoms with Gasteiger partial charge in [0, 0.05) is 89.8 Å². The van der Waals surface area contributed by atoms with Gasteiger partial charge >= 0.3 is 0 Å². The van der Waals surface area contributed by atoms with E-state index >= 15 is 0 Å². The molecule has 6 heterocycles. The molecule has 8 rings (SSSR count). The molecule has 0 radical (unpaired) electrons. The Morgan fingerprint density at radius 1 is 0.483 bits per heavy atom. The molecule has 4 aromatic rings. The quantitative estimate of drug-likeness (QED) is 0.191. The van der Waals surface area contributed by atoms with Crippen LogP contribution < -0.4 is 0 Å². The Morgan fingerprint density at radius 2 is 0.817 bits per heavy atom. The van der Waals surface area contributed by atoms with E-state index in [1.807, 2.05) is 0 Å². The molecular formula is C52H70Br2N6. The summed E-state index contributed by atoms with van der Waals surface area (Å²) >= 11 is 8.69.